The predicted molar refractivity (Wildman–Crippen MR) is 55.1 cm³/mol. The predicted octanol–water partition coefficient (Wildman–Crippen LogP) is 1.51. The smallest absolute Gasteiger partial charge is 0.328 e. The highest BCUT2D eigenvalue weighted by molar-refractivity contribution is 9.10. The summed E-state index contributed by atoms with van der Waals surface area (Å²) in [6.07, 6.45) is 2.90. The van der Waals surface area contributed by atoms with Gasteiger partial charge in [-0.2, -0.15) is 0 Å². The standard InChI is InChI=1S/C8H10BrN3O2/c1-8(2,7(13)14)12-6-5(9)3-10-4-11-6/h3-4H,1-2H3,(H,13,14)(H,10,11,12). The highest BCUT2D eigenvalue weighted by Crippen LogP contribution is 2.21. The first kappa shape index (κ1) is 10.9. The Hall–Kier alpha value is -1.17. The summed E-state index contributed by atoms with van der Waals surface area (Å²) in [5, 5.41) is 11.7. The Morgan fingerprint density at radius 2 is 2.29 bits per heavy atom. The van der Waals surface area contributed by atoms with Gasteiger partial charge < -0.3 is 10.4 Å². The maximum atomic E-state index is 10.8. The average Bonchev–Trinajstić information content (AvgIpc) is 2.08. The lowest BCUT2D eigenvalue weighted by molar-refractivity contribution is -0.141. The van der Waals surface area contributed by atoms with Crippen LogP contribution in [0.3, 0.4) is 0 Å². The Labute approximate surface area is 89.7 Å². The van der Waals surface area contributed by atoms with Crippen LogP contribution in [0.4, 0.5) is 5.82 Å². The summed E-state index contributed by atoms with van der Waals surface area (Å²) < 4.78 is 0.634. The van der Waals surface area contributed by atoms with Gasteiger partial charge in [0.25, 0.3) is 0 Å². The van der Waals surface area contributed by atoms with Gasteiger partial charge in [-0.05, 0) is 29.8 Å². The molecule has 1 aromatic heterocycles. The van der Waals surface area contributed by atoms with E-state index in [1.807, 2.05) is 0 Å². The zero-order valence-electron chi connectivity index (χ0n) is 7.78. The molecule has 0 aliphatic heterocycles. The van der Waals surface area contributed by atoms with E-state index < -0.39 is 11.5 Å². The molecular formula is C8H10BrN3O2. The lowest BCUT2D eigenvalue weighted by Gasteiger charge is -2.21. The first-order chi connectivity index (χ1) is 6.43. The number of carboxylic acids is 1. The van der Waals surface area contributed by atoms with E-state index in [9.17, 15) is 4.79 Å². The molecule has 1 heterocycles. The third-order valence-corrected chi connectivity index (χ3v) is 2.21. The third kappa shape index (κ3) is 2.41. The lowest BCUT2D eigenvalue weighted by atomic mass is 10.1. The van der Waals surface area contributed by atoms with Crippen molar-refractivity contribution in [2.24, 2.45) is 0 Å². The van der Waals surface area contributed by atoms with Crippen molar-refractivity contribution in [1.82, 2.24) is 9.97 Å². The molecule has 0 amide bonds. The van der Waals surface area contributed by atoms with Gasteiger partial charge >= 0.3 is 5.97 Å². The van der Waals surface area contributed by atoms with Crippen LogP contribution in [-0.4, -0.2) is 26.6 Å². The minimum Gasteiger partial charge on any atom is -0.480 e. The van der Waals surface area contributed by atoms with Crippen molar-refractivity contribution >= 4 is 27.7 Å². The van der Waals surface area contributed by atoms with Gasteiger partial charge in [-0.3, -0.25) is 0 Å². The fourth-order valence-corrected chi connectivity index (χ4v) is 1.07. The summed E-state index contributed by atoms with van der Waals surface area (Å²) in [7, 11) is 0. The van der Waals surface area contributed by atoms with E-state index >= 15 is 0 Å². The largest absolute Gasteiger partial charge is 0.480 e. The Morgan fingerprint density at radius 1 is 1.64 bits per heavy atom. The molecule has 0 spiro atoms. The van der Waals surface area contributed by atoms with E-state index in [0.717, 1.165) is 0 Å². The highest BCUT2D eigenvalue weighted by atomic mass is 79.9. The molecule has 14 heavy (non-hydrogen) atoms. The van der Waals surface area contributed by atoms with Crippen molar-refractivity contribution < 1.29 is 9.90 Å². The second-order valence-corrected chi connectivity index (χ2v) is 4.13. The van der Waals surface area contributed by atoms with Crippen LogP contribution in [0.25, 0.3) is 0 Å². The summed E-state index contributed by atoms with van der Waals surface area (Å²) in [5.41, 5.74) is -1.06. The number of carbonyl (C=O) groups is 1. The topological polar surface area (TPSA) is 75.1 Å². The summed E-state index contributed by atoms with van der Waals surface area (Å²) in [6, 6.07) is 0. The van der Waals surface area contributed by atoms with E-state index in [0.29, 0.717) is 10.3 Å². The molecule has 0 saturated carbocycles. The number of aromatic nitrogens is 2. The number of halogens is 1. The van der Waals surface area contributed by atoms with Crippen LogP contribution in [0.2, 0.25) is 0 Å². The van der Waals surface area contributed by atoms with Crippen LogP contribution in [0.1, 0.15) is 13.8 Å². The average molecular weight is 260 g/mol. The third-order valence-electron chi connectivity index (χ3n) is 1.63. The molecule has 0 saturated heterocycles. The molecule has 0 aliphatic rings. The fourth-order valence-electron chi connectivity index (χ4n) is 0.754. The number of hydrogen-bond donors (Lipinski definition) is 2. The van der Waals surface area contributed by atoms with E-state index in [1.165, 1.54) is 6.33 Å². The van der Waals surface area contributed by atoms with Crippen LogP contribution >= 0.6 is 15.9 Å². The molecule has 0 unspecified atom stereocenters. The van der Waals surface area contributed by atoms with Crippen molar-refractivity contribution in [2.75, 3.05) is 5.32 Å². The second kappa shape index (κ2) is 3.91. The van der Waals surface area contributed by atoms with Crippen LogP contribution in [-0.2, 0) is 4.79 Å². The Morgan fingerprint density at radius 3 is 2.79 bits per heavy atom. The maximum absolute atomic E-state index is 10.8. The van der Waals surface area contributed by atoms with E-state index in [4.69, 9.17) is 5.11 Å². The molecule has 1 rings (SSSR count). The minimum atomic E-state index is -1.06. The van der Waals surface area contributed by atoms with E-state index in [2.05, 4.69) is 31.2 Å². The van der Waals surface area contributed by atoms with E-state index in [1.54, 1.807) is 20.0 Å². The highest BCUT2D eigenvalue weighted by Gasteiger charge is 2.27. The van der Waals surface area contributed by atoms with Gasteiger partial charge in [-0.25, -0.2) is 14.8 Å². The van der Waals surface area contributed by atoms with Crippen LogP contribution in [0.15, 0.2) is 17.0 Å². The Kier molecular flexibility index (Phi) is 3.05. The zero-order chi connectivity index (χ0) is 10.8. The number of carboxylic acid groups (broad SMARTS) is 1. The first-order valence-electron chi connectivity index (χ1n) is 3.90. The van der Waals surface area contributed by atoms with Crippen molar-refractivity contribution in [2.45, 2.75) is 19.4 Å². The maximum Gasteiger partial charge on any atom is 0.328 e. The van der Waals surface area contributed by atoms with Crippen molar-refractivity contribution in [3.63, 3.8) is 0 Å². The first-order valence-corrected chi connectivity index (χ1v) is 4.70. The summed E-state index contributed by atoms with van der Waals surface area (Å²) >= 11 is 3.22. The van der Waals surface area contributed by atoms with Crippen molar-refractivity contribution in [1.29, 1.82) is 0 Å². The molecule has 1 aromatic rings. The monoisotopic (exact) mass is 259 g/mol. The quantitative estimate of drug-likeness (QED) is 0.861. The van der Waals surface area contributed by atoms with E-state index in [-0.39, 0.29) is 0 Å². The fraction of sp³-hybridized carbons (Fsp3) is 0.375. The van der Waals surface area contributed by atoms with Gasteiger partial charge in [0.05, 0.1) is 4.47 Å². The zero-order valence-corrected chi connectivity index (χ0v) is 9.37. The van der Waals surface area contributed by atoms with Crippen LogP contribution in [0, 0.1) is 0 Å². The lowest BCUT2D eigenvalue weighted by Crippen LogP contribution is -2.40. The normalized spacial score (nSPS) is 11.1. The molecule has 0 radical (unpaired) electrons. The van der Waals surface area contributed by atoms with Crippen molar-refractivity contribution in [3.05, 3.63) is 17.0 Å². The van der Waals surface area contributed by atoms with Gasteiger partial charge in [0.15, 0.2) is 0 Å². The molecule has 0 aromatic carbocycles. The molecule has 0 fully saturated rings. The number of aliphatic carboxylic acids is 1. The SMILES string of the molecule is CC(C)(Nc1ncncc1Br)C(=O)O. The Balaban J connectivity index is 2.89. The number of nitrogens with one attached hydrogen (secondary N) is 1. The Bertz CT molecular complexity index is 354. The van der Waals surface area contributed by atoms with Crippen LogP contribution < -0.4 is 5.32 Å². The molecule has 2 N–H and O–H groups in total. The van der Waals surface area contributed by atoms with Crippen LogP contribution in [0.5, 0.6) is 0 Å². The number of hydrogen-bond acceptors (Lipinski definition) is 4. The molecule has 0 atom stereocenters. The molecule has 5 nitrogen and oxygen atoms in total. The molecular weight excluding hydrogens is 250 g/mol. The van der Waals surface area contributed by atoms with Gasteiger partial charge in [0.2, 0.25) is 0 Å². The number of nitrogens with zero attached hydrogens (tertiary/aromatic N) is 2. The van der Waals surface area contributed by atoms with Gasteiger partial charge in [0.1, 0.15) is 17.7 Å². The molecule has 76 valence electrons. The molecule has 6 heteroatoms. The van der Waals surface area contributed by atoms with Gasteiger partial charge in [-0.15, -0.1) is 0 Å². The van der Waals surface area contributed by atoms with Gasteiger partial charge in [0, 0.05) is 6.20 Å². The number of anilines is 1. The molecule has 0 aliphatic carbocycles. The summed E-state index contributed by atoms with van der Waals surface area (Å²) in [6.45, 7) is 3.12. The molecule has 0 bridgehead atoms. The summed E-state index contributed by atoms with van der Waals surface area (Å²) in [5.74, 6) is -0.476. The number of rotatable bonds is 3. The van der Waals surface area contributed by atoms with Crippen molar-refractivity contribution in [3.8, 4) is 0 Å². The van der Waals surface area contributed by atoms with Gasteiger partial charge in [-0.1, -0.05) is 0 Å². The second-order valence-electron chi connectivity index (χ2n) is 3.27. The minimum absolute atomic E-state index is 0.465. The summed E-state index contributed by atoms with van der Waals surface area (Å²) in [4.78, 5) is 18.5.